The van der Waals surface area contributed by atoms with E-state index in [1.54, 1.807) is 20.9 Å². The minimum atomic E-state index is -4.49. The molecule has 168 valence electrons. The summed E-state index contributed by atoms with van der Waals surface area (Å²) in [5.41, 5.74) is 0.772. The van der Waals surface area contributed by atoms with Crippen LogP contribution in [0.2, 0.25) is 0 Å². The maximum atomic E-state index is 12.8. The summed E-state index contributed by atoms with van der Waals surface area (Å²) in [7, 11) is 2.86. The first-order valence-corrected chi connectivity index (χ1v) is 9.26. The van der Waals surface area contributed by atoms with Crippen molar-refractivity contribution in [1.29, 1.82) is 0 Å². The SMILES string of the molecule is COc1nc(OCC(F)(F)F)ccc1CN(C)C(=O)c1ccnc(NC(=O)C(C)C)c1. The van der Waals surface area contributed by atoms with E-state index >= 15 is 0 Å². The third-order valence-corrected chi connectivity index (χ3v) is 4.03. The van der Waals surface area contributed by atoms with Crippen LogP contribution in [-0.2, 0) is 11.3 Å². The van der Waals surface area contributed by atoms with Gasteiger partial charge in [0.25, 0.3) is 5.91 Å². The molecule has 2 aromatic rings. The van der Waals surface area contributed by atoms with Crippen molar-refractivity contribution in [2.75, 3.05) is 26.1 Å². The predicted molar refractivity (Wildman–Crippen MR) is 106 cm³/mol. The molecule has 2 amide bonds. The molecule has 0 fully saturated rings. The van der Waals surface area contributed by atoms with E-state index in [0.717, 1.165) is 0 Å². The molecule has 0 aliphatic heterocycles. The fourth-order valence-corrected chi connectivity index (χ4v) is 2.44. The summed E-state index contributed by atoms with van der Waals surface area (Å²) in [4.78, 5) is 33.9. The first-order valence-electron chi connectivity index (χ1n) is 9.26. The number of hydrogen-bond donors (Lipinski definition) is 1. The summed E-state index contributed by atoms with van der Waals surface area (Å²) in [5.74, 6) is -0.781. The molecule has 11 heteroatoms. The summed E-state index contributed by atoms with van der Waals surface area (Å²) < 4.78 is 46.7. The van der Waals surface area contributed by atoms with Gasteiger partial charge in [0.2, 0.25) is 17.7 Å². The molecule has 0 unspecified atom stereocenters. The topological polar surface area (TPSA) is 93.7 Å². The number of rotatable bonds is 8. The molecule has 0 bridgehead atoms. The zero-order chi connectivity index (χ0) is 23.2. The number of hydrogen-bond acceptors (Lipinski definition) is 6. The Hall–Kier alpha value is -3.37. The van der Waals surface area contributed by atoms with Crippen LogP contribution in [0, 0.1) is 5.92 Å². The number of anilines is 1. The predicted octanol–water partition coefficient (Wildman–Crippen LogP) is 3.29. The number of carbonyl (C=O) groups is 2. The van der Waals surface area contributed by atoms with Crippen LogP contribution in [0.4, 0.5) is 19.0 Å². The molecule has 0 saturated heterocycles. The molecular weight excluding hydrogens is 417 g/mol. The van der Waals surface area contributed by atoms with Crippen molar-refractivity contribution >= 4 is 17.6 Å². The second-order valence-corrected chi connectivity index (χ2v) is 6.96. The second kappa shape index (κ2) is 10.1. The Kier molecular flexibility index (Phi) is 7.78. The minimum Gasteiger partial charge on any atom is -0.481 e. The normalized spacial score (nSPS) is 11.2. The Morgan fingerprint density at radius 1 is 1.23 bits per heavy atom. The molecule has 2 heterocycles. The van der Waals surface area contributed by atoms with Crippen molar-refractivity contribution in [3.8, 4) is 11.8 Å². The highest BCUT2D eigenvalue weighted by molar-refractivity contribution is 5.96. The Morgan fingerprint density at radius 3 is 2.55 bits per heavy atom. The lowest BCUT2D eigenvalue weighted by atomic mass is 10.2. The van der Waals surface area contributed by atoms with E-state index in [9.17, 15) is 22.8 Å². The fourth-order valence-electron chi connectivity index (χ4n) is 2.44. The van der Waals surface area contributed by atoms with Gasteiger partial charge in [0.05, 0.1) is 13.7 Å². The highest BCUT2D eigenvalue weighted by Gasteiger charge is 2.29. The maximum absolute atomic E-state index is 12.8. The van der Waals surface area contributed by atoms with E-state index in [0.29, 0.717) is 11.1 Å². The maximum Gasteiger partial charge on any atom is 0.422 e. The lowest BCUT2D eigenvalue weighted by Gasteiger charge is -2.19. The highest BCUT2D eigenvalue weighted by Crippen LogP contribution is 2.24. The van der Waals surface area contributed by atoms with Crippen molar-refractivity contribution in [2.45, 2.75) is 26.6 Å². The third kappa shape index (κ3) is 7.12. The molecule has 1 N–H and O–H groups in total. The van der Waals surface area contributed by atoms with Crippen molar-refractivity contribution in [2.24, 2.45) is 5.92 Å². The number of nitrogens with one attached hydrogen (secondary N) is 1. The van der Waals surface area contributed by atoms with Crippen LogP contribution in [0.25, 0.3) is 0 Å². The van der Waals surface area contributed by atoms with Gasteiger partial charge in [-0.2, -0.15) is 18.2 Å². The van der Waals surface area contributed by atoms with Gasteiger partial charge < -0.3 is 19.7 Å². The van der Waals surface area contributed by atoms with E-state index in [1.807, 2.05) is 0 Å². The summed E-state index contributed by atoms with van der Waals surface area (Å²) in [6.07, 6.45) is -3.08. The number of ether oxygens (including phenoxy) is 2. The number of nitrogens with zero attached hydrogens (tertiary/aromatic N) is 3. The average molecular weight is 440 g/mol. The lowest BCUT2D eigenvalue weighted by molar-refractivity contribution is -0.154. The zero-order valence-electron chi connectivity index (χ0n) is 17.5. The second-order valence-electron chi connectivity index (χ2n) is 6.96. The van der Waals surface area contributed by atoms with Crippen LogP contribution in [0.5, 0.6) is 11.8 Å². The number of carbonyl (C=O) groups excluding carboxylic acids is 2. The van der Waals surface area contributed by atoms with Gasteiger partial charge >= 0.3 is 6.18 Å². The Balaban J connectivity index is 2.11. The lowest BCUT2D eigenvalue weighted by Crippen LogP contribution is -2.27. The van der Waals surface area contributed by atoms with E-state index in [1.165, 1.54) is 42.5 Å². The van der Waals surface area contributed by atoms with Gasteiger partial charge in [0.1, 0.15) is 5.82 Å². The van der Waals surface area contributed by atoms with Crippen molar-refractivity contribution in [1.82, 2.24) is 14.9 Å². The molecular formula is C20H23F3N4O4. The number of alkyl halides is 3. The number of aromatic nitrogens is 2. The largest absolute Gasteiger partial charge is 0.481 e. The first kappa shape index (κ1) is 23.9. The molecule has 8 nitrogen and oxygen atoms in total. The monoisotopic (exact) mass is 440 g/mol. The first-order chi connectivity index (χ1) is 14.5. The van der Waals surface area contributed by atoms with Crippen LogP contribution in [0.3, 0.4) is 0 Å². The van der Waals surface area contributed by atoms with Gasteiger partial charge in [-0.25, -0.2) is 4.98 Å². The summed E-state index contributed by atoms with van der Waals surface area (Å²) in [6.45, 7) is 2.07. The highest BCUT2D eigenvalue weighted by atomic mass is 19.4. The number of halogens is 3. The molecule has 0 aliphatic rings. The van der Waals surface area contributed by atoms with E-state index in [-0.39, 0.29) is 41.9 Å². The van der Waals surface area contributed by atoms with Gasteiger partial charge in [-0.05, 0) is 18.2 Å². The Labute approximate surface area is 177 Å². The minimum absolute atomic E-state index is 0.0407. The molecule has 0 spiro atoms. The van der Waals surface area contributed by atoms with Gasteiger partial charge in [-0.3, -0.25) is 9.59 Å². The van der Waals surface area contributed by atoms with Crippen LogP contribution in [0.1, 0.15) is 29.8 Å². The third-order valence-electron chi connectivity index (χ3n) is 4.03. The van der Waals surface area contributed by atoms with Gasteiger partial charge in [0.15, 0.2) is 6.61 Å². The van der Waals surface area contributed by atoms with Crippen LogP contribution >= 0.6 is 0 Å². The van der Waals surface area contributed by atoms with Crippen LogP contribution < -0.4 is 14.8 Å². The number of methoxy groups -OCH3 is 1. The van der Waals surface area contributed by atoms with E-state index < -0.39 is 12.8 Å². The van der Waals surface area contributed by atoms with E-state index in [4.69, 9.17) is 4.74 Å². The number of pyridine rings is 2. The summed E-state index contributed by atoms with van der Waals surface area (Å²) in [5, 5.41) is 2.63. The quantitative estimate of drug-likeness (QED) is 0.677. The van der Waals surface area contributed by atoms with Gasteiger partial charge in [-0.15, -0.1) is 0 Å². The van der Waals surface area contributed by atoms with E-state index in [2.05, 4.69) is 20.0 Å². The summed E-state index contributed by atoms with van der Waals surface area (Å²) >= 11 is 0. The average Bonchev–Trinajstić information content (AvgIpc) is 2.71. The molecule has 0 radical (unpaired) electrons. The fraction of sp³-hybridized carbons (Fsp3) is 0.400. The van der Waals surface area contributed by atoms with Gasteiger partial charge in [-0.1, -0.05) is 13.8 Å². The summed E-state index contributed by atoms with van der Waals surface area (Å²) in [6, 6.07) is 5.71. The molecule has 31 heavy (non-hydrogen) atoms. The smallest absolute Gasteiger partial charge is 0.422 e. The van der Waals surface area contributed by atoms with Crippen molar-refractivity contribution in [3.63, 3.8) is 0 Å². The van der Waals surface area contributed by atoms with Crippen molar-refractivity contribution in [3.05, 3.63) is 41.6 Å². The molecule has 0 aromatic carbocycles. The Morgan fingerprint density at radius 2 is 1.94 bits per heavy atom. The van der Waals surface area contributed by atoms with Crippen LogP contribution in [0.15, 0.2) is 30.5 Å². The Bertz CT molecular complexity index is 935. The van der Waals surface area contributed by atoms with Crippen molar-refractivity contribution < 1.29 is 32.2 Å². The zero-order valence-corrected chi connectivity index (χ0v) is 17.5. The molecule has 2 aromatic heterocycles. The number of amides is 2. The standard InChI is InChI=1S/C20H23F3N4O4/c1-12(2)17(28)25-15-9-13(7-8-24-15)19(29)27(3)10-14-5-6-16(26-18(14)30-4)31-11-20(21,22)23/h5-9,12H,10-11H2,1-4H3,(H,24,25,28). The van der Waals surface area contributed by atoms with Crippen LogP contribution in [-0.4, -0.2) is 53.6 Å². The van der Waals surface area contributed by atoms with Gasteiger partial charge in [0, 0.05) is 36.4 Å². The molecule has 0 aliphatic carbocycles. The molecule has 0 saturated carbocycles. The molecule has 0 atom stereocenters. The molecule has 2 rings (SSSR count).